The predicted octanol–water partition coefficient (Wildman–Crippen LogP) is 3.27. The summed E-state index contributed by atoms with van der Waals surface area (Å²) >= 11 is 5.98. The van der Waals surface area contributed by atoms with Crippen LogP contribution in [0.15, 0.2) is 48.5 Å². The van der Waals surface area contributed by atoms with Crippen LogP contribution in [0.2, 0.25) is 5.02 Å². The van der Waals surface area contributed by atoms with Gasteiger partial charge in [0.1, 0.15) is 18.4 Å². The number of urea groups is 1. The van der Waals surface area contributed by atoms with Crippen LogP contribution in [0.25, 0.3) is 0 Å². The van der Waals surface area contributed by atoms with E-state index in [1.54, 1.807) is 31.2 Å². The lowest BCUT2D eigenvalue weighted by Crippen LogP contribution is -2.39. The summed E-state index contributed by atoms with van der Waals surface area (Å²) in [6.07, 6.45) is 0. The van der Waals surface area contributed by atoms with Crippen molar-refractivity contribution in [3.63, 3.8) is 0 Å². The second-order valence-electron chi connectivity index (χ2n) is 5.76. The number of para-hydroxylation sites is 1. The zero-order valence-corrected chi connectivity index (χ0v) is 14.5. The second kappa shape index (κ2) is 7.13. The van der Waals surface area contributed by atoms with Crippen molar-refractivity contribution in [2.24, 2.45) is 0 Å². The van der Waals surface area contributed by atoms with Crippen LogP contribution in [-0.4, -0.2) is 35.3 Å². The average molecular weight is 376 g/mol. The number of benzene rings is 2. The summed E-state index contributed by atoms with van der Waals surface area (Å²) < 4.78 is 13.1. The van der Waals surface area contributed by atoms with Crippen LogP contribution < -0.4 is 10.2 Å². The Labute approximate surface area is 154 Å². The molecule has 2 aromatic rings. The van der Waals surface area contributed by atoms with E-state index in [1.165, 1.54) is 29.2 Å². The van der Waals surface area contributed by atoms with Crippen molar-refractivity contribution in [2.75, 3.05) is 16.8 Å². The lowest BCUT2D eigenvalue weighted by atomic mass is 10.2. The Kier molecular flexibility index (Phi) is 4.90. The second-order valence-corrected chi connectivity index (χ2v) is 6.16. The number of imide groups is 1. The summed E-state index contributed by atoms with van der Waals surface area (Å²) in [5, 5.41) is 2.92. The molecule has 1 aliphatic heterocycles. The van der Waals surface area contributed by atoms with Gasteiger partial charge in [-0.25, -0.2) is 9.18 Å². The fraction of sp³-hybridized carbons (Fsp3) is 0.167. The van der Waals surface area contributed by atoms with Gasteiger partial charge in [-0.15, -0.1) is 0 Å². The maximum atomic E-state index is 13.1. The summed E-state index contributed by atoms with van der Waals surface area (Å²) in [4.78, 5) is 39.3. The number of carbonyl (C=O) groups is 3. The first-order valence-corrected chi connectivity index (χ1v) is 8.21. The van der Waals surface area contributed by atoms with Crippen LogP contribution in [0.5, 0.6) is 0 Å². The highest BCUT2D eigenvalue weighted by Crippen LogP contribution is 2.26. The van der Waals surface area contributed by atoms with Gasteiger partial charge in [-0.3, -0.25) is 19.4 Å². The van der Waals surface area contributed by atoms with Gasteiger partial charge in [0, 0.05) is 5.69 Å². The first-order chi connectivity index (χ1) is 12.4. The fourth-order valence-electron chi connectivity index (χ4n) is 2.70. The number of halogens is 2. The van der Waals surface area contributed by atoms with Crippen molar-refractivity contribution in [3.05, 3.63) is 59.4 Å². The molecule has 0 aromatic heterocycles. The highest BCUT2D eigenvalue weighted by molar-refractivity contribution is 6.33. The zero-order chi connectivity index (χ0) is 18.8. The molecule has 4 amide bonds. The molecule has 0 aliphatic carbocycles. The Hall–Kier alpha value is -2.93. The minimum atomic E-state index is -0.791. The Morgan fingerprint density at radius 3 is 2.46 bits per heavy atom. The molecule has 1 atom stereocenters. The van der Waals surface area contributed by atoms with Gasteiger partial charge in [-0.05, 0) is 43.3 Å². The van der Waals surface area contributed by atoms with Crippen molar-refractivity contribution in [1.29, 1.82) is 0 Å². The molecule has 0 bridgehead atoms. The molecular weight excluding hydrogens is 361 g/mol. The Balaban J connectivity index is 1.75. The van der Waals surface area contributed by atoms with E-state index in [0.717, 1.165) is 4.90 Å². The maximum absolute atomic E-state index is 13.1. The minimum Gasteiger partial charge on any atom is -0.323 e. The summed E-state index contributed by atoms with van der Waals surface area (Å²) in [5.74, 6) is -1.50. The molecule has 26 heavy (non-hydrogen) atoms. The number of hydrogen-bond acceptors (Lipinski definition) is 3. The largest absolute Gasteiger partial charge is 0.332 e. The number of carbonyl (C=O) groups excluding carboxylic acids is 3. The zero-order valence-electron chi connectivity index (χ0n) is 13.8. The third kappa shape index (κ3) is 3.39. The molecule has 3 rings (SSSR count). The highest BCUT2D eigenvalue weighted by Gasteiger charge is 2.44. The number of anilines is 2. The van der Waals surface area contributed by atoms with Gasteiger partial charge >= 0.3 is 6.03 Å². The molecular formula is C18H15ClFN3O3. The van der Waals surface area contributed by atoms with Crippen molar-refractivity contribution in [3.8, 4) is 0 Å². The first-order valence-electron chi connectivity index (χ1n) is 7.83. The molecule has 2 aromatic carbocycles. The molecule has 1 fully saturated rings. The smallest absolute Gasteiger partial charge is 0.323 e. The third-order valence-corrected chi connectivity index (χ3v) is 4.33. The molecule has 1 heterocycles. The monoisotopic (exact) mass is 375 g/mol. The van der Waals surface area contributed by atoms with Crippen LogP contribution in [-0.2, 0) is 9.59 Å². The molecule has 1 aliphatic rings. The summed E-state index contributed by atoms with van der Waals surface area (Å²) in [5.41, 5.74) is 0.771. The van der Waals surface area contributed by atoms with Gasteiger partial charge in [0.25, 0.3) is 5.91 Å². The SMILES string of the molecule is CC1C(=O)N(CC(=O)Nc2ccccc2Cl)C(=O)N1c1ccc(F)cc1. The quantitative estimate of drug-likeness (QED) is 0.834. The van der Waals surface area contributed by atoms with E-state index >= 15 is 0 Å². The van der Waals surface area contributed by atoms with Gasteiger partial charge in [0.05, 0.1) is 10.7 Å². The molecule has 8 heteroatoms. The molecule has 1 unspecified atom stereocenters. The van der Waals surface area contributed by atoms with Gasteiger partial charge in [-0.2, -0.15) is 0 Å². The standard InChI is InChI=1S/C18H15ClFN3O3/c1-11-17(25)22(10-16(24)21-15-5-3-2-4-14(15)19)18(26)23(11)13-8-6-12(20)7-9-13/h2-9,11H,10H2,1H3,(H,21,24). The van der Waals surface area contributed by atoms with E-state index in [-0.39, 0.29) is 0 Å². The van der Waals surface area contributed by atoms with Crippen molar-refractivity contribution < 1.29 is 18.8 Å². The molecule has 0 saturated carbocycles. The fourth-order valence-corrected chi connectivity index (χ4v) is 2.89. The van der Waals surface area contributed by atoms with Crippen LogP contribution in [0.1, 0.15) is 6.92 Å². The van der Waals surface area contributed by atoms with E-state index in [9.17, 15) is 18.8 Å². The molecule has 0 radical (unpaired) electrons. The van der Waals surface area contributed by atoms with Gasteiger partial charge in [0.15, 0.2) is 0 Å². The minimum absolute atomic E-state index is 0.348. The van der Waals surface area contributed by atoms with Crippen LogP contribution >= 0.6 is 11.6 Å². The van der Waals surface area contributed by atoms with E-state index in [4.69, 9.17) is 11.6 Å². The Morgan fingerprint density at radius 1 is 1.15 bits per heavy atom. The maximum Gasteiger partial charge on any atom is 0.332 e. The number of nitrogens with zero attached hydrogens (tertiary/aromatic N) is 2. The Morgan fingerprint density at radius 2 is 1.81 bits per heavy atom. The lowest BCUT2D eigenvalue weighted by molar-refractivity contribution is -0.130. The van der Waals surface area contributed by atoms with Crippen LogP contribution in [0.3, 0.4) is 0 Å². The molecule has 6 nitrogen and oxygen atoms in total. The first kappa shape index (κ1) is 17.9. The normalized spacial score (nSPS) is 17.0. The summed E-state index contributed by atoms with van der Waals surface area (Å²) in [7, 11) is 0. The number of hydrogen-bond donors (Lipinski definition) is 1. The third-order valence-electron chi connectivity index (χ3n) is 4.00. The van der Waals surface area contributed by atoms with Gasteiger partial charge in [-0.1, -0.05) is 23.7 Å². The van der Waals surface area contributed by atoms with E-state index in [2.05, 4.69) is 5.32 Å². The number of rotatable bonds is 4. The topological polar surface area (TPSA) is 69.7 Å². The molecule has 1 saturated heterocycles. The predicted molar refractivity (Wildman–Crippen MR) is 95.5 cm³/mol. The van der Waals surface area contributed by atoms with Crippen molar-refractivity contribution >= 4 is 40.8 Å². The Bertz CT molecular complexity index is 872. The average Bonchev–Trinajstić information content (AvgIpc) is 2.82. The van der Waals surface area contributed by atoms with E-state index < -0.39 is 36.2 Å². The molecule has 0 spiro atoms. The number of amides is 4. The van der Waals surface area contributed by atoms with Gasteiger partial charge < -0.3 is 5.32 Å². The van der Waals surface area contributed by atoms with Gasteiger partial charge in [0.2, 0.25) is 5.91 Å². The van der Waals surface area contributed by atoms with Crippen LogP contribution in [0.4, 0.5) is 20.6 Å². The molecule has 134 valence electrons. The summed E-state index contributed by atoms with van der Waals surface area (Å²) in [6, 6.07) is 10.4. The van der Waals surface area contributed by atoms with E-state index in [1.807, 2.05) is 0 Å². The summed E-state index contributed by atoms with van der Waals surface area (Å²) in [6.45, 7) is 1.11. The molecule has 1 N–H and O–H groups in total. The highest BCUT2D eigenvalue weighted by atomic mass is 35.5. The van der Waals surface area contributed by atoms with E-state index in [0.29, 0.717) is 16.4 Å². The van der Waals surface area contributed by atoms with Crippen LogP contribution in [0, 0.1) is 5.82 Å². The van der Waals surface area contributed by atoms with Crippen molar-refractivity contribution in [1.82, 2.24) is 4.90 Å². The van der Waals surface area contributed by atoms with Crippen molar-refractivity contribution in [2.45, 2.75) is 13.0 Å². The lowest BCUT2D eigenvalue weighted by Gasteiger charge is -2.19. The number of nitrogens with one attached hydrogen (secondary N) is 1.